The summed E-state index contributed by atoms with van der Waals surface area (Å²) in [5.74, 6) is -0.477. The fourth-order valence-electron chi connectivity index (χ4n) is 2.51. The Morgan fingerprint density at radius 1 is 1.53 bits per heavy atom. The van der Waals surface area contributed by atoms with Gasteiger partial charge < -0.3 is 5.11 Å². The minimum absolute atomic E-state index is 0.285. The Hall–Kier alpha value is -1.88. The van der Waals surface area contributed by atoms with Crippen LogP contribution >= 0.6 is 0 Å². The molecule has 100 valence electrons. The number of nitrogens with zero attached hydrogens (tertiary/aromatic N) is 2. The fraction of sp³-hybridized carbons (Fsp3) is 0.429. The zero-order valence-corrected chi connectivity index (χ0v) is 10.8. The normalized spacial score (nSPS) is 16.7. The van der Waals surface area contributed by atoms with Gasteiger partial charge in [-0.25, -0.2) is 0 Å². The molecule has 1 saturated carbocycles. The van der Waals surface area contributed by atoms with Gasteiger partial charge in [-0.3, -0.25) is 14.8 Å². The molecule has 0 spiro atoms. The van der Waals surface area contributed by atoms with Crippen molar-refractivity contribution in [3.8, 4) is 0 Å². The van der Waals surface area contributed by atoms with Crippen LogP contribution in [-0.4, -0.2) is 26.9 Å². The van der Waals surface area contributed by atoms with Crippen molar-refractivity contribution in [2.24, 2.45) is 13.0 Å². The van der Waals surface area contributed by atoms with Crippen molar-refractivity contribution in [3.05, 3.63) is 30.0 Å². The van der Waals surface area contributed by atoms with Crippen molar-refractivity contribution >= 4 is 16.9 Å². The molecule has 5 nitrogen and oxygen atoms in total. The van der Waals surface area contributed by atoms with Crippen molar-refractivity contribution in [2.45, 2.75) is 25.4 Å². The highest BCUT2D eigenvalue weighted by Crippen LogP contribution is 2.33. The van der Waals surface area contributed by atoms with E-state index in [0.29, 0.717) is 6.54 Å². The lowest BCUT2D eigenvalue weighted by molar-refractivity contribution is -0.140. The molecule has 0 saturated heterocycles. The molecule has 1 fully saturated rings. The number of carboxylic acids is 1. The van der Waals surface area contributed by atoms with Gasteiger partial charge >= 0.3 is 5.97 Å². The lowest BCUT2D eigenvalue weighted by Gasteiger charge is -2.12. The van der Waals surface area contributed by atoms with Crippen molar-refractivity contribution in [2.75, 3.05) is 0 Å². The molecule has 2 N–H and O–H groups in total. The van der Waals surface area contributed by atoms with E-state index in [9.17, 15) is 9.90 Å². The van der Waals surface area contributed by atoms with E-state index in [0.717, 1.165) is 29.4 Å². The molecule has 0 amide bonds. The average Bonchev–Trinajstić information content (AvgIpc) is 3.17. The number of aliphatic carboxylic acids is 1. The second-order valence-corrected chi connectivity index (χ2v) is 5.12. The maximum Gasteiger partial charge on any atom is 0.320 e. The summed E-state index contributed by atoms with van der Waals surface area (Å²) in [7, 11) is 1.90. The number of rotatable bonds is 5. The minimum Gasteiger partial charge on any atom is -0.480 e. The maximum atomic E-state index is 11.2. The molecule has 1 aliphatic carbocycles. The third-order valence-corrected chi connectivity index (χ3v) is 3.68. The van der Waals surface area contributed by atoms with Crippen LogP contribution < -0.4 is 5.32 Å². The molecule has 0 aliphatic heterocycles. The summed E-state index contributed by atoms with van der Waals surface area (Å²) in [6.45, 7) is 0.495. The monoisotopic (exact) mass is 259 g/mol. The van der Waals surface area contributed by atoms with Gasteiger partial charge in [0.05, 0.1) is 11.2 Å². The van der Waals surface area contributed by atoms with Crippen LogP contribution in [0.15, 0.2) is 24.3 Å². The summed E-state index contributed by atoms with van der Waals surface area (Å²) in [6.07, 6.45) is 2.01. The van der Waals surface area contributed by atoms with E-state index in [1.54, 1.807) is 0 Å². The third kappa shape index (κ3) is 2.33. The minimum atomic E-state index is -0.761. The van der Waals surface area contributed by atoms with Crippen LogP contribution in [0.4, 0.5) is 0 Å². The first-order chi connectivity index (χ1) is 9.16. The van der Waals surface area contributed by atoms with Gasteiger partial charge in [-0.15, -0.1) is 0 Å². The van der Waals surface area contributed by atoms with Crippen LogP contribution in [0, 0.1) is 5.92 Å². The predicted octanol–water partition coefficient (Wildman–Crippen LogP) is 1.53. The fourth-order valence-corrected chi connectivity index (χ4v) is 2.51. The highest BCUT2D eigenvalue weighted by molar-refractivity contribution is 5.82. The first-order valence-electron chi connectivity index (χ1n) is 6.53. The van der Waals surface area contributed by atoms with Gasteiger partial charge in [0.25, 0.3) is 0 Å². The van der Waals surface area contributed by atoms with E-state index in [1.807, 2.05) is 36.0 Å². The third-order valence-electron chi connectivity index (χ3n) is 3.68. The molecule has 1 aromatic heterocycles. The van der Waals surface area contributed by atoms with Gasteiger partial charge in [0.15, 0.2) is 0 Å². The standard InChI is InChI=1S/C14H17N3O2/c1-17-12-5-3-2-4-10(12)11(16-17)8-15-13(14(18)19)9-6-7-9/h2-5,9,13,15H,6-8H2,1H3,(H,18,19). The van der Waals surface area contributed by atoms with Crippen molar-refractivity contribution < 1.29 is 9.90 Å². The number of hydrogen-bond acceptors (Lipinski definition) is 3. The Labute approximate surface area is 111 Å². The van der Waals surface area contributed by atoms with Gasteiger partial charge in [0.1, 0.15) is 6.04 Å². The van der Waals surface area contributed by atoms with E-state index in [-0.39, 0.29) is 5.92 Å². The summed E-state index contributed by atoms with van der Waals surface area (Å²) in [5.41, 5.74) is 1.97. The second kappa shape index (κ2) is 4.66. The van der Waals surface area contributed by atoms with Crippen LogP contribution in [0.5, 0.6) is 0 Å². The second-order valence-electron chi connectivity index (χ2n) is 5.12. The molecule has 5 heteroatoms. The molecular formula is C14H17N3O2. The number of aromatic nitrogens is 2. The average molecular weight is 259 g/mol. The molecule has 0 radical (unpaired) electrons. The molecule has 3 rings (SSSR count). The molecule has 2 aromatic rings. The van der Waals surface area contributed by atoms with Crippen molar-refractivity contribution in [1.29, 1.82) is 0 Å². The highest BCUT2D eigenvalue weighted by Gasteiger charge is 2.35. The lowest BCUT2D eigenvalue weighted by atomic mass is 10.1. The number of fused-ring (bicyclic) bond motifs is 1. The van der Waals surface area contributed by atoms with Crippen LogP contribution in [0.3, 0.4) is 0 Å². The molecule has 1 heterocycles. The van der Waals surface area contributed by atoms with Gasteiger partial charge in [0.2, 0.25) is 0 Å². The Balaban J connectivity index is 1.79. The van der Waals surface area contributed by atoms with Crippen LogP contribution in [0.25, 0.3) is 10.9 Å². The maximum absolute atomic E-state index is 11.2. The summed E-state index contributed by atoms with van der Waals surface area (Å²) in [6, 6.07) is 7.54. The van der Waals surface area contributed by atoms with Gasteiger partial charge in [0, 0.05) is 19.0 Å². The summed E-state index contributed by atoms with van der Waals surface area (Å²) < 4.78 is 1.83. The molecule has 1 aromatic carbocycles. The first-order valence-corrected chi connectivity index (χ1v) is 6.53. The lowest BCUT2D eigenvalue weighted by Crippen LogP contribution is -2.38. The number of aryl methyl sites for hydroxylation is 1. The van der Waals surface area contributed by atoms with E-state index < -0.39 is 12.0 Å². The predicted molar refractivity (Wildman–Crippen MR) is 71.7 cm³/mol. The van der Waals surface area contributed by atoms with Crippen LogP contribution in [-0.2, 0) is 18.4 Å². The Morgan fingerprint density at radius 3 is 2.95 bits per heavy atom. The first kappa shape index (κ1) is 12.2. The van der Waals surface area contributed by atoms with Gasteiger partial charge in [-0.2, -0.15) is 5.10 Å². The number of benzene rings is 1. The topological polar surface area (TPSA) is 67.2 Å². The highest BCUT2D eigenvalue weighted by atomic mass is 16.4. The van der Waals surface area contributed by atoms with E-state index in [2.05, 4.69) is 10.4 Å². The number of nitrogens with one attached hydrogen (secondary N) is 1. The smallest absolute Gasteiger partial charge is 0.320 e. The van der Waals surface area contributed by atoms with Crippen LogP contribution in [0.1, 0.15) is 18.5 Å². The zero-order chi connectivity index (χ0) is 13.4. The van der Waals surface area contributed by atoms with Crippen molar-refractivity contribution in [3.63, 3.8) is 0 Å². The number of hydrogen-bond donors (Lipinski definition) is 2. The van der Waals surface area contributed by atoms with Crippen molar-refractivity contribution in [1.82, 2.24) is 15.1 Å². The summed E-state index contributed by atoms with van der Waals surface area (Å²) in [5, 5.41) is 17.9. The largest absolute Gasteiger partial charge is 0.480 e. The van der Waals surface area contributed by atoms with E-state index in [1.165, 1.54) is 0 Å². The summed E-state index contributed by atoms with van der Waals surface area (Å²) in [4.78, 5) is 11.2. The van der Waals surface area contributed by atoms with Gasteiger partial charge in [-0.1, -0.05) is 18.2 Å². The SMILES string of the molecule is Cn1nc(CNC(C(=O)O)C2CC2)c2ccccc21. The summed E-state index contributed by atoms with van der Waals surface area (Å²) >= 11 is 0. The quantitative estimate of drug-likeness (QED) is 0.854. The molecular weight excluding hydrogens is 242 g/mol. The molecule has 19 heavy (non-hydrogen) atoms. The zero-order valence-electron chi connectivity index (χ0n) is 10.8. The molecule has 1 atom stereocenters. The Kier molecular flexibility index (Phi) is 2.98. The Morgan fingerprint density at radius 2 is 2.26 bits per heavy atom. The number of para-hydroxylation sites is 1. The molecule has 1 unspecified atom stereocenters. The number of carbonyl (C=O) groups is 1. The molecule has 1 aliphatic rings. The Bertz CT molecular complexity index is 616. The van der Waals surface area contributed by atoms with Gasteiger partial charge in [-0.05, 0) is 24.8 Å². The van der Waals surface area contributed by atoms with E-state index in [4.69, 9.17) is 0 Å². The van der Waals surface area contributed by atoms with E-state index >= 15 is 0 Å². The molecule has 0 bridgehead atoms. The van der Waals surface area contributed by atoms with Crippen LogP contribution in [0.2, 0.25) is 0 Å². The number of carboxylic acid groups (broad SMARTS) is 1.